The van der Waals surface area contributed by atoms with Crippen LogP contribution in [-0.2, 0) is 0 Å². The largest absolute Gasteiger partial charge is 0.434 e. The van der Waals surface area contributed by atoms with Crippen LogP contribution >= 0.6 is 11.3 Å². The third-order valence-corrected chi connectivity index (χ3v) is 4.97. The van der Waals surface area contributed by atoms with E-state index in [1.165, 1.54) is 16.7 Å². The van der Waals surface area contributed by atoms with E-state index in [9.17, 15) is 18.4 Å². The lowest BCUT2D eigenvalue weighted by Gasteiger charge is -2.08. The first-order valence-electron chi connectivity index (χ1n) is 8.71. The highest BCUT2D eigenvalue weighted by molar-refractivity contribution is 7.14. The summed E-state index contributed by atoms with van der Waals surface area (Å²) < 4.78 is 31.0. The molecule has 4 rings (SSSR count). The molecule has 7 nitrogen and oxygen atoms in total. The molecule has 0 saturated heterocycles. The predicted molar refractivity (Wildman–Crippen MR) is 108 cm³/mol. The van der Waals surface area contributed by atoms with Crippen LogP contribution in [0.2, 0.25) is 0 Å². The van der Waals surface area contributed by atoms with Crippen molar-refractivity contribution in [3.63, 3.8) is 0 Å². The summed E-state index contributed by atoms with van der Waals surface area (Å²) in [6.07, 6.45) is 2.77. The summed E-state index contributed by atoms with van der Waals surface area (Å²) in [7, 11) is 0. The first kappa shape index (κ1) is 19.6. The van der Waals surface area contributed by atoms with Crippen molar-refractivity contribution in [2.45, 2.75) is 13.5 Å². The third kappa shape index (κ3) is 3.90. The molecule has 0 atom stereocenters. The number of carbonyl (C=O) groups is 1. The molecule has 0 aliphatic carbocycles. The molecule has 10 heteroatoms. The van der Waals surface area contributed by atoms with E-state index in [4.69, 9.17) is 0 Å². The lowest BCUT2D eigenvalue weighted by atomic mass is 10.1. The molecule has 0 saturated carbocycles. The molecule has 152 valence electrons. The summed E-state index contributed by atoms with van der Waals surface area (Å²) in [4.78, 5) is 33.6. The zero-order valence-electron chi connectivity index (χ0n) is 15.5. The molecule has 30 heavy (non-hydrogen) atoms. The number of anilines is 1. The van der Waals surface area contributed by atoms with Crippen LogP contribution in [0.15, 0.2) is 59.0 Å². The minimum absolute atomic E-state index is 0.0251. The number of carbonyl (C=O) groups excluding carboxylic acids is 1. The number of hydrogen-bond acceptors (Lipinski definition) is 6. The Labute approximate surface area is 172 Å². The number of ether oxygens (including phenoxy) is 1. The molecule has 0 radical (unpaired) electrons. The van der Waals surface area contributed by atoms with E-state index in [0.29, 0.717) is 16.9 Å². The second-order valence-electron chi connectivity index (χ2n) is 6.28. The minimum Gasteiger partial charge on any atom is -0.434 e. The number of nitrogens with one attached hydrogen (secondary N) is 1. The van der Waals surface area contributed by atoms with Gasteiger partial charge in [-0.2, -0.15) is 8.78 Å². The van der Waals surface area contributed by atoms with Gasteiger partial charge in [-0.1, -0.05) is 12.1 Å². The standard InChI is InChI=1S/C20H14F2N4O3S/c1-11-6-7-26-16(8-11)23-9-13(18(26)28)17(27)25-20-24-14(10-30-20)12-4-2-3-5-15(12)29-19(21)22/h2-10,19H,1H3,(H,24,25,27). The average Bonchev–Trinajstić information content (AvgIpc) is 3.16. The average molecular weight is 428 g/mol. The zero-order chi connectivity index (χ0) is 21.3. The van der Waals surface area contributed by atoms with Gasteiger partial charge in [0.1, 0.15) is 17.0 Å². The van der Waals surface area contributed by atoms with Gasteiger partial charge in [-0.15, -0.1) is 11.3 Å². The number of rotatable bonds is 5. The van der Waals surface area contributed by atoms with Crippen LogP contribution in [0.25, 0.3) is 16.9 Å². The molecule has 0 fully saturated rings. The molecule has 3 heterocycles. The Bertz CT molecular complexity index is 1300. The summed E-state index contributed by atoms with van der Waals surface area (Å²) >= 11 is 1.09. The van der Waals surface area contributed by atoms with E-state index in [-0.39, 0.29) is 16.4 Å². The number of amides is 1. The first-order chi connectivity index (χ1) is 14.4. The maximum atomic E-state index is 12.6. The van der Waals surface area contributed by atoms with Crippen LogP contribution in [-0.4, -0.2) is 26.9 Å². The number of benzene rings is 1. The molecule has 1 amide bonds. The van der Waals surface area contributed by atoms with Gasteiger partial charge in [-0.05, 0) is 36.8 Å². The second-order valence-corrected chi connectivity index (χ2v) is 7.13. The summed E-state index contributed by atoms with van der Waals surface area (Å²) in [6, 6.07) is 9.69. The number of nitrogens with zero attached hydrogens (tertiary/aromatic N) is 3. The van der Waals surface area contributed by atoms with Gasteiger partial charge in [0.25, 0.3) is 11.5 Å². The molecule has 0 spiro atoms. The lowest BCUT2D eigenvalue weighted by Crippen LogP contribution is -2.26. The highest BCUT2D eigenvalue weighted by atomic mass is 32.1. The summed E-state index contributed by atoms with van der Waals surface area (Å²) in [5, 5.41) is 4.35. The SMILES string of the molecule is Cc1ccn2c(=O)c(C(=O)Nc3nc(-c4ccccc4OC(F)F)cs3)cnc2c1. The molecule has 4 aromatic rings. The summed E-state index contributed by atoms with van der Waals surface area (Å²) in [6.45, 7) is -1.10. The normalized spacial score (nSPS) is 11.1. The van der Waals surface area contributed by atoms with Gasteiger partial charge in [0.15, 0.2) is 5.13 Å². The molecule has 0 aliphatic heterocycles. The molecular weight excluding hydrogens is 414 g/mol. The molecule has 3 aromatic heterocycles. The smallest absolute Gasteiger partial charge is 0.387 e. The van der Waals surface area contributed by atoms with Crippen molar-refractivity contribution in [1.29, 1.82) is 0 Å². The van der Waals surface area contributed by atoms with E-state index in [1.54, 1.807) is 41.9 Å². The van der Waals surface area contributed by atoms with Gasteiger partial charge in [-0.3, -0.25) is 19.3 Å². The molecular formula is C20H14F2N4O3S. The van der Waals surface area contributed by atoms with Crippen molar-refractivity contribution in [1.82, 2.24) is 14.4 Å². The Morgan fingerprint density at radius 2 is 2.07 bits per heavy atom. The first-order valence-corrected chi connectivity index (χ1v) is 9.59. The fourth-order valence-electron chi connectivity index (χ4n) is 2.83. The van der Waals surface area contributed by atoms with Gasteiger partial charge in [0.05, 0.1) is 5.69 Å². The number of alkyl halides is 2. The quantitative estimate of drug-likeness (QED) is 0.520. The van der Waals surface area contributed by atoms with Crippen molar-refractivity contribution in [2.24, 2.45) is 0 Å². The van der Waals surface area contributed by atoms with E-state index in [0.717, 1.165) is 16.9 Å². The van der Waals surface area contributed by atoms with E-state index in [1.807, 2.05) is 6.92 Å². The van der Waals surface area contributed by atoms with Gasteiger partial charge in [0, 0.05) is 23.3 Å². The second kappa shape index (κ2) is 7.99. The summed E-state index contributed by atoms with van der Waals surface area (Å²) in [5.74, 6) is -0.691. The number of fused-ring (bicyclic) bond motifs is 1. The van der Waals surface area contributed by atoms with Crippen LogP contribution in [0.4, 0.5) is 13.9 Å². The Morgan fingerprint density at radius 1 is 1.27 bits per heavy atom. The maximum absolute atomic E-state index is 12.6. The topological polar surface area (TPSA) is 85.6 Å². The van der Waals surface area contributed by atoms with Crippen molar-refractivity contribution < 1.29 is 18.3 Å². The van der Waals surface area contributed by atoms with Gasteiger partial charge in [-0.25, -0.2) is 9.97 Å². The molecule has 0 unspecified atom stereocenters. The molecule has 1 N–H and O–H groups in total. The fourth-order valence-corrected chi connectivity index (χ4v) is 3.53. The number of halogens is 2. The number of pyridine rings is 1. The number of thiazole rings is 1. The Balaban J connectivity index is 1.60. The van der Waals surface area contributed by atoms with Crippen LogP contribution in [0.3, 0.4) is 0 Å². The fraction of sp³-hybridized carbons (Fsp3) is 0.100. The van der Waals surface area contributed by atoms with Crippen LogP contribution < -0.4 is 15.6 Å². The van der Waals surface area contributed by atoms with Crippen molar-refractivity contribution in [2.75, 3.05) is 5.32 Å². The molecule has 1 aromatic carbocycles. The Kier molecular flexibility index (Phi) is 5.23. The van der Waals surface area contributed by atoms with E-state index >= 15 is 0 Å². The Morgan fingerprint density at radius 3 is 2.87 bits per heavy atom. The van der Waals surface area contributed by atoms with Crippen LogP contribution in [0.1, 0.15) is 15.9 Å². The lowest BCUT2D eigenvalue weighted by molar-refractivity contribution is -0.0494. The minimum atomic E-state index is -2.97. The monoisotopic (exact) mass is 428 g/mol. The van der Waals surface area contributed by atoms with Crippen molar-refractivity contribution in [3.8, 4) is 17.0 Å². The van der Waals surface area contributed by atoms with Gasteiger partial charge < -0.3 is 4.74 Å². The predicted octanol–water partition coefficient (Wildman–Crippen LogP) is 3.98. The highest BCUT2D eigenvalue weighted by Gasteiger charge is 2.17. The van der Waals surface area contributed by atoms with Gasteiger partial charge in [0.2, 0.25) is 0 Å². The number of para-hydroxylation sites is 1. The Hall–Kier alpha value is -3.66. The highest BCUT2D eigenvalue weighted by Crippen LogP contribution is 2.33. The van der Waals surface area contributed by atoms with Crippen LogP contribution in [0, 0.1) is 6.92 Å². The molecule has 0 bridgehead atoms. The van der Waals surface area contributed by atoms with Crippen molar-refractivity contribution in [3.05, 3.63) is 75.7 Å². The number of hydrogen-bond donors (Lipinski definition) is 1. The number of aromatic nitrogens is 3. The van der Waals surface area contributed by atoms with E-state index < -0.39 is 18.1 Å². The molecule has 0 aliphatic rings. The van der Waals surface area contributed by atoms with Gasteiger partial charge >= 0.3 is 6.61 Å². The van der Waals surface area contributed by atoms with Crippen molar-refractivity contribution >= 4 is 28.0 Å². The third-order valence-electron chi connectivity index (χ3n) is 4.21. The van der Waals surface area contributed by atoms with E-state index in [2.05, 4.69) is 20.0 Å². The number of aryl methyl sites for hydroxylation is 1. The summed E-state index contributed by atoms with van der Waals surface area (Å²) in [5.41, 5.74) is 1.43. The van der Waals surface area contributed by atoms with Crippen LogP contribution in [0.5, 0.6) is 5.75 Å². The maximum Gasteiger partial charge on any atom is 0.387 e. The zero-order valence-corrected chi connectivity index (χ0v) is 16.3.